The zero-order valence-corrected chi connectivity index (χ0v) is 29.2. The van der Waals surface area contributed by atoms with E-state index in [1.165, 1.54) is 38.5 Å². The molecule has 3 saturated carbocycles. The molecule has 4 aliphatic rings. The van der Waals surface area contributed by atoms with Gasteiger partial charge in [0.2, 0.25) is 0 Å². The van der Waals surface area contributed by atoms with Crippen molar-refractivity contribution in [3.8, 4) is 0 Å². The lowest BCUT2D eigenvalue weighted by atomic mass is 9.42. The minimum Gasteiger partial charge on any atom is -0.414 e. The summed E-state index contributed by atoms with van der Waals surface area (Å²) in [6, 6.07) is 0. The third-order valence-corrected chi connectivity index (χ3v) is 22.4. The number of allylic oxidation sites excluding steroid dienone is 2. The molecule has 5 heteroatoms. The highest BCUT2D eigenvalue weighted by molar-refractivity contribution is 6.74. The maximum atomic E-state index is 10.3. The summed E-state index contributed by atoms with van der Waals surface area (Å²) >= 11 is 0. The number of aliphatic hydroxyl groups excluding tert-OH is 1. The quantitative estimate of drug-likeness (QED) is 0.259. The Bertz CT molecular complexity index is 912. The molecule has 38 heavy (non-hydrogen) atoms. The number of aliphatic hydroxyl groups is 1. The van der Waals surface area contributed by atoms with Crippen LogP contribution in [0, 0.1) is 28.1 Å². The van der Waals surface area contributed by atoms with Crippen molar-refractivity contribution in [1.29, 1.82) is 0 Å². The normalized spacial score (nSPS) is 40.3. The fourth-order valence-corrected chi connectivity index (χ4v) is 11.6. The van der Waals surface area contributed by atoms with Gasteiger partial charge in [-0.3, -0.25) is 0 Å². The first-order chi connectivity index (χ1) is 17.2. The van der Waals surface area contributed by atoms with E-state index in [9.17, 15) is 5.11 Å². The van der Waals surface area contributed by atoms with Gasteiger partial charge in [0, 0.05) is 12.7 Å². The summed E-state index contributed by atoms with van der Waals surface area (Å²) in [6.45, 7) is 29.3. The van der Waals surface area contributed by atoms with Crippen molar-refractivity contribution in [3.63, 3.8) is 0 Å². The number of hydrogen-bond acceptors (Lipinski definition) is 3. The van der Waals surface area contributed by atoms with Crippen molar-refractivity contribution >= 4 is 16.6 Å². The monoisotopic (exact) mass is 562 g/mol. The maximum absolute atomic E-state index is 10.3. The highest BCUT2D eigenvalue weighted by Crippen LogP contribution is 2.70. The summed E-state index contributed by atoms with van der Waals surface area (Å²) in [5.41, 5.74) is 2.38. The van der Waals surface area contributed by atoms with Crippen molar-refractivity contribution < 1.29 is 14.0 Å². The number of hydrogen-bond donors (Lipinski definition) is 1. The predicted octanol–water partition coefficient (Wildman–Crippen LogP) is 9.48. The SMILES string of the molecule is CC(C)(C)[Si](C)(C)O[C@H]1CC[C@]2(C)C3=CC[C@@]4(C)C(CC[C@@H]4O[Si](C)(C)C(C)(C)C)C3CC[C@]2(CCO)C1. The molecule has 0 aromatic rings. The highest BCUT2D eigenvalue weighted by atomic mass is 28.4. The minimum atomic E-state index is -1.82. The summed E-state index contributed by atoms with van der Waals surface area (Å²) in [5, 5.41) is 10.8. The first kappa shape index (κ1) is 31.0. The van der Waals surface area contributed by atoms with E-state index in [0.29, 0.717) is 24.7 Å². The minimum absolute atomic E-state index is 0.165. The molecule has 0 amide bonds. The first-order valence-electron chi connectivity index (χ1n) is 15.9. The molecule has 0 heterocycles. The standard InChI is InChI=1S/C33H62O3Si2/c1-29(2,3)37(9,10)35-24-15-19-32(8)27-17-18-31(7)26(25(27)16-20-33(32,23-24)21-22-34)13-14-28(31)36-38(11,12)30(4,5)6/h17,24-26,28,34H,13-16,18-23H2,1-12H3/t24-,25?,26?,28-,31-,32+,33-/m0/s1. The molecule has 0 bridgehead atoms. The van der Waals surface area contributed by atoms with Gasteiger partial charge in [-0.2, -0.15) is 0 Å². The van der Waals surface area contributed by atoms with Crippen LogP contribution in [0.2, 0.25) is 36.3 Å². The summed E-state index contributed by atoms with van der Waals surface area (Å²) in [4.78, 5) is 0. The van der Waals surface area contributed by atoms with Crippen LogP contribution < -0.4 is 0 Å². The van der Waals surface area contributed by atoms with Crippen molar-refractivity contribution in [3.05, 3.63) is 11.6 Å². The molecule has 4 rings (SSSR count). The smallest absolute Gasteiger partial charge is 0.192 e. The lowest BCUT2D eigenvalue weighted by Crippen LogP contribution is -2.57. The van der Waals surface area contributed by atoms with Crippen molar-refractivity contribution in [1.82, 2.24) is 0 Å². The summed E-state index contributed by atoms with van der Waals surface area (Å²) < 4.78 is 14.2. The van der Waals surface area contributed by atoms with E-state index < -0.39 is 16.6 Å². The molecule has 0 aliphatic heterocycles. The molecule has 3 fully saturated rings. The summed E-state index contributed by atoms with van der Waals surface area (Å²) in [6.07, 6.45) is 14.1. The second-order valence-electron chi connectivity index (χ2n) is 17.4. The van der Waals surface area contributed by atoms with Crippen LogP contribution in [0.1, 0.15) is 113 Å². The second-order valence-corrected chi connectivity index (χ2v) is 26.9. The van der Waals surface area contributed by atoms with Crippen molar-refractivity contribution in [2.24, 2.45) is 28.1 Å². The molecule has 220 valence electrons. The largest absolute Gasteiger partial charge is 0.414 e. The van der Waals surface area contributed by atoms with Crippen LogP contribution in [-0.4, -0.2) is 40.6 Å². The van der Waals surface area contributed by atoms with E-state index in [1.807, 2.05) is 0 Å². The molecular formula is C33H62O3Si2. The fourth-order valence-electron chi connectivity index (χ4n) is 8.74. The Balaban J connectivity index is 1.61. The van der Waals surface area contributed by atoms with Gasteiger partial charge in [-0.1, -0.05) is 67.0 Å². The average molecular weight is 563 g/mol. The van der Waals surface area contributed by atoms with E-state index in [4.69, 9.17) is 8.85 Å². The molecule has 2 unspecified atom stereocenters. The fraction of sp³-hybridized carbons (Fsp3) is 0.939. The molecule has 0 aromatic carbocycles. The Kier molecular flexibility index (Phi) is 8.01. The third kappa shape index (κ3) is 4.90. The van der Waals surface area contributed by atoms with E-state index >= 15 is 0 Å². The highest BCUT2D eigenvalue weighted by Gasteiger charge is 2.63. The van der Waals surface area contributed by atoms with Crippen LogP contribution in [0.3, 0.4) is 0 Å². The maximum Gasteiger partial charge on any atom is 0.192 e. The van der Waals surface area contributed by atoms with Crippen LogP contribution in [-0.2, 0) is 8.85 Å². The zero-order valence-electron chi connectivity index (χ0n) is 27.2. The van der Waals surface area contributed by atoms with Gasteiger partial charge in [0.25, 0.3) is 0 Å². The van der Waals surface area contributed by atoms with Crippen LogP contribution in [0.15, 0.2) is 11.6 Å². The number of rotatable bonds is 6. The molecule has 3 nitrogen and oxygen atoms in total. The van der Waals surface area contributed by atoms with E-state index in [2.05, 4.69) is 87.7 Å². The van der Waals surface area contributed by atoms with Gasteiger partial charge in [0.15, 0.2) is 16.6 Å². The van der Waals surface area contributed by atoms with Gasteiger partial charge >= 0.3 is 0 Å². The van der Waals surface area contributed by atoms with Crippen molar-refractivity contribution in [2.45, 2.75) is 162 Å². The van der Waals surface area contributed by atoms with Gasteiger partial charge in [-0.05, 0) is 122 Å². The van der Waals surface area contributed by atoms with E-state index in [0.717, 1.165) is 25.2 Å². The lowest BCUT2D eigenvalue weighted by Gasteiger charge is -2.63. The van der Waals surface area contributed by atoms with E-state index in [-0.39, 0.29) is 26.3 Å². The van der Waals surface area contributed by atoms with Gasteiger partial charge < -0.3 is 14.0 Å². The summed E-state index contributed by atoms with van der Waals surface area (Å²) in [7, 11) is -3.62. The molecular weight excluding hydrogens is 501 g/mol. The topological polar surface area (TPSA) is 38.7 Å². The van der Waals surface area contributed by atoms with E-state index in [1.54, 1.807) is 5.57 Å². The molecule has 1 N–H and O–H groups in total. The van der Waals surface area contributed by atoms with Crippen LogP contribution in [0.25, 0.3) is 0 Å². The van der Waals surface area contributed by atoms with Crippen LogP contribution >= 0.6 is 0 Å². The average Bonchev–Trinajstić information content (AvgIpc) is 3.08. The predicted molar refractivity (Wildman–Crippen MR) is 166 cm³/mol. The Hall–Kier alpha value is 0.0538. The third-order valence-electron chi connectivity index (χ3n) is 13.4. The van der Waals surface area contributed by atoms with Gasteiger partial charge in [0.1, 0.15) is 0 Å². The Morgan fingerprint density at radius 1 is 0.868 bits per heavy atom. The van der Waals surface area contributed by atoms with Gasteiger partial charge in [0.05, 0.1) is 6.10 Å². The van der Waals surface area contributed by atoms with Crippen LogP contribution in [0.4, 0.5) is 0 Å². The molecule has 0 saturated heterocycles. The zero-order chi connectivity index (χ0) is 28.6. The Labute approximate surface area is 238 Å². The molecule has 0 radical (unpaired) electrons. The Morgan fingerprint density at radius 3 is 2.05 bits per heavy atom. The van der Waals surface area contributed by atoms with Gasteiger partial charge in [-0.15, -0.1) is 0 Å². The molecule has 0 aromatic heterocycles. The second kappa shape index (κ2) is 9.81. The first-order valence-corrected chi connectivity index (χ1v) is 21.7. The number of fused-ring (bicyclic) bond motifs is 5. The summed E-state index contributed by atoms with van der Waals surface area (Å²) in [5.74, 6) is 1.43. The van der Waals surface area contributed by atoms with Crippen LogP contribution in [0.5, 0.6) is 0 Å². The lowest BCUT2D eigenvalue weighted by molar-refractivity contribution is -0.0913. The Morgan fingerprint density at radius 2 is 1.47 bits per heavy atom. The van der Waals surface area contributed by atoms with Crippen molar-refractivity contribution in [2.75, 3.05) is 6.61 Å². The molecule has 0 spiro atoms. The van der Waals surface area contributed by atoms with Gasteiger partial charge in [-0.25, -0.2) is 0 Å². The molecule has 7 atom stereocenters. The molecule has 4 aliphatic carbocycles.